The van der Waals surface area contributed by atoms with Gasteiger partial charge in [0.25, 0.3) is 0 Å². The second-order valence-electron chi connectivity index (χ2n) is 9.20. The van der Waals surface area contributed by atoms with Gasteiger partial charge in [0.1, 0.15) is 0 Å². The molecule has 0 saturated heterocycles. The van der Waals surface area contributed by atoms with Crippen molar-refractivity contribution in [2.24, 2.45) is 11.8 Å². The first-order chi connectivity index (χ1) is 18.3. The maximum Gasteiger partial charge on any atom is 0.162 e. The van der Waals surface area contributed by atoms with Crippen molar-refractivity contribution in [3.63, 3.8) is 0 Å². The summed E-state index contributed by atoms with van der Waals surface area (Å²) in [5.41, 5.74) is 3.57. The number of pyridine rings is 2. The van der Waals surface area contributed by atoms with Crippen molar-refractivity contribution in [3.8, 4) is 11.3 Å². The molecule has 5 rings (SSSR count). The maximum atomic E-state index is 11.7. The van der Waals surface area contributed by atoms with Gasteiger partial charge in [-0.3, -0.25) is 14.8 Å². The molecule has 2 aromatic carbocycles. The predicted octanol–water partition coefficient (Wildman–Crippen LogP) is 8.02. The molecule has 1 aliphatic rings. The summed E-state index contributed by atoms with van der Waals surface area (Å²) in [6.45, 7) is 8.07. The molecule has 0 unspecified atom stereocenters. The maximum absolute atomic E-state index is 11.7. The van der Waals surface area contributed by atoms with Gasteiger partial charge in [-0.15, -0.1) is 23.8 Å². The van der Waals surface area contributed by atoms with Crippen molar-refractivity contribution >= 4 is 27.5 Å². The molecular formula is C32H35IrN2O2-. The molecule has 2 heterocycles. The third kappa shape index (κ3) is 6.17. The van der Waals surface area contributed by atoms with E-state index in [1.54, 1.807) is 12.4 Å². The van der Waals surface area contributed by atoms with E-state index in [2.05, 4.69) is 11.1 Å². The number of aliphatic hydroxyl groups excluding tert-OH is 1. The zero-order chi connectivity index (χ0) is 27.4. The van der Waals surface area contributed by atoms with Gasteiger partial charge in [-0.2, -0.15) is 0 Å². The van der Waals surface area contributed by atoms with Gasteiger partial charge in [-0.05, 0) is 49.2 Å². The first-order valence-corrected chi connectivity index (χ1v) is 12.9. The fraction of sp³-hybridized carbons (Fsp3) is 0.344. The summed E-state index contributed by atoms with van der Waals surface area (Å²) < 4.78 is 17.3. The van der Waals surface area contributed by atoms with Crippen LogP contribution in [0.2, 0.25) is 0 Å². The molecule has 0 fully saturated rings. The number of hydrogen-bond acceptors (Lipinski definition) is 4. The molecule has 4 nitrogen and oxygen atoms in total. The van der Waals surface area contributed by atoms with Gasteiger partial charge in [0.15, 0.2) is 5.78 Å². The Hall–Kier alpha value is -2.88. The standard InChI is InChI=1S/C19H11N2.C13H24O2.Ir/c1-2-7-17-12(4-1)8-14-9-15-11-20-10-13-5-3-6-16(18(13)15)19(14)21-17;1-5-10(6-2)12(14)9-13(15)11(7-3)8-4;/h1-5,7-8,10-11H,9H2;9-11,14H,5-8H2,1-4H3;/q-1;;/b;12-9-;/i9D2;;. The third-order valence-electron chi connectivity index (χ3n) is 7.03. The van der Waals surface area contributed by atoms with Crippen LogP contribution < -0.4 is 0 Å². The zero-order valence-corrected chi connectivity index (χ0v) is 24.2. The average Bonchev–Trinajstić information content (AvgIpc) is 2.92. The van der Waals surface area contributed by atoms with Gasteiger partial charge < -0.3 is 5.11 Å². The number of carbonyl (C=O) groups excluding carboxylic acids is 1. The van der Waals surface area contributed by atoms with Crippen LogP contribution in [-0.2, 0) is 31.3 Å². The second kappa shape index (κ2) is 13.1. The average molecular weight is 674 g/mol. The second-order valence-corrected chi connectivity index (χ2v) is 9.20. The van der Waals surface area contributed by atoms with Crippen LogP contribution in [0.4, 0.5) is 0 Å². The molecule has 5 heteroatoms. The van der Waals surface area contributed by atoms with E-state index in [0.717, 1.165) is 52.9 Å². The molecule has 1 N–H and O–H groups in total. The van der Waals surface area contributed by atoms with Crippen molar-refractivity contribution in [3.05, 3.63) is 83.9 Å². The summed E-state index contributed by atoms with van der Waals surface area (Å²) in [5, 5.41) is 12.5. The summed E-state index contributed by atoms with van der Waals surface area (Å²) >= 11 is 0. The number of fused-ring (bicyclic) bond motifs is 3. The Balaban J connectivity index is 0.000000233. The number of nitrogens with zero attached hydrogens (tertiary/aromatic N) is 2. The fourth-order valence-electron chi connectivity index (χ4n) is 4.78. The fourth-order valence-corrected chi connectivity index (χ4v) is 4.78. The molecular weight excluding hydrogens is 637 g/mol. The monoisotopic (exact) mass is 674 g/mol. The molecule has 1 aliphatic carbocycles. The number of para-hydroxylation sites is 1. The minimum atomic E-state index is -1.62. The van der Waals surface area contributed by atoms with E-state index in [1.165, 1.54) is 6.08 Å². The number of allylic oxidation sites excluding steroid dienone is 2. The predicted molar refractivity (Wildman–Crippen MR) is 148 cm³/mol. The molecule has 0 atom stereocenters. The van der Waals surface area contributed by atoms with Crippen LogP contribution in [0, 0.1) is 17.9 Å². The Morgan fingerprint density at radius 1 is 1.03 bits per heavy atom. The van der Waals surface area contributed by atoms with Crippen LogP contribution in [0.1, 0.15) is 67.2 Å². The molecule has 195 valence electrons. The Bertz CT molecular complexity index is 1490. The van der Waals surface area contributed by atoms with Crippen molar-refractivity contribution < 1.29 is 32.7 Å². The minimum Gasteiger partial charge on any atom is -0.512 e. The summed E-state index contributed by atoms with van der Waals surface area (Å²) in [6, 6.07) is 16.7. The van der Waals surface area contributed by atoms with Crippen LogP contribution in [0.3, 0.4) is 0 Å². The molecule has 37 heavy (non-hydrogen) atoms. The smallest absolute Gasteiger partial charge is 0.162 e. The van der Waals surface area contributed by atoms with Crippen molar-refractivity contribution in [2.75, 3.05) is 0 Å². The van der Waals surface area contributed by atoms with E-state index >= 15 is 0 Å². The summed E-state index contributed by atoms with van der Waals surface area (Å²) in [4.78, 5) is 20.7. The van der Waals surface area contributed by atoms with E-state index in [-0.39, 0.29) is 43.5 Å². The summed E-state index contributed by atoms with van der Waals surface area (Å²) in [5.74, 6) is 0.547. The number of hydrogen-bond donors (Lipinski definition) is 1. The molecule has 0 bridgehead atoms. The first kappa shape index (κ1) is 25.8. The van der Waals surface area contributed by atoms with Gasteiger partial charge in [0, 0.05) is 53.2 Å². The van der Waals surface area contributed by atoms with Gasteiger partial charge in [0.05, 0.1) is 11.3 Å². The van der Waals surface area contributed by atoms with Crippen molar-refractivity contribution in [1.29, 1.82) is 0 Å². The Labute approximate surface area is 236 Å². The Kier molecular flexibility index (Phi) is 9.10. The summed E-state index contributed by atoms with van der Waals surface area (Å²) in [6.07, 6.45) is 6.67. The molecule has 0 amide bonds. The molecule has 2 aromatic heterocycles. The molecule has 0 spiro atoms. The van der Waals surface area contributed by atoms with E-state index in [0.29, 0.717) is 16.8 Å². The van der Waals surface area contributed by atoms with E-state index in [1.807, 2.05) is 70.2 Å². The Morgan fingerprint density at radius 3 is 2.43 bits per heavy atom. The van der Waals surface area contributed by atoms with Crippen LogP contribution in [0.5, 0.6) is 0 Å². The number of rotatable bonds is 7. The van der Waals surface area contributed by atoms with Crippen LogP contribution >= 0.6 is 0 Å². The van der Waals surface area contributed by atoms with E-state index < -0.39 is 6.37 Å². The van der Waals surface area contributed by atoms with E-state index in [4.69, 9.17) is 7.73 Å². The topological polar surface area (TPSA) is 63.1 Å². The number of ketones is 1. The number of aliphatic hydroxyl groups is 1. The van der Waals surface area contributed by atoms with Gasteiger partial charge >= 0.3 is 0 Å². The number of aromatic nitrogens is 2. The van der Waals surface area contributed by atoms with Crippen molar-refractivity contribution in [1.82, 2.24) is 9.97 Å². The van der Waals surface area contributed by atoms with Gasteiger partial charge in [-0.1, -0.05) is 73.9 Å². The minimum absolute atomic E-state index is 0. The summed E-state index contributed by atoms with van der Waals surface area (Å²) in [7, 11) is 0. The van der Waals surface area contributed by atoms with Gasteiger partial charge in [-0.25, -0.2) is 0 Å². The van der Waals surface area contributed by atoms with Crippen molar-refractivity contribution in [2.45, 2.75) is 59.8 Å². The number of benzene rings is 2. The largest absolute Gasteiger partial charge is 0.512 e. The first-order valence-electron chi connectivity index (χ1n) is 13.9. The molecule has 1 radical (unpaired) electrons. The number of carbonyl (C=O) groups is 1. The normalized spacial score (nSPS) is 14.4. The van der Waals surface area contributed by atoms with E-state index in [9.17, 15) is 9.90 Å². The quantitative estimate of drug-likeness (QED) is 0.123. The molecule has 0 aliphatic heterocycles. The molecule has 4 aromatic rings. The Morgan fingerprint density at radius 2 is 1.73 bits per heavy atom. The van der Waals surface area contributed by atoms with Crippen LogP contribution in [-0.4, -0.2) is 20.9 Å². The SMILES string of the molecule is CCC(CC)C(=O)/C=C(\O)C(CC)CC.[2H]C1([2H])c2cc3ccccc3nc2-c2[c-]ccc3cncc1c23.[Ir]. The van der Waals surface area contributed by atoms with Crippen LogP contribution in [0.25, 0.3) is 32.9 Å². The van der Waals surface area contributed by atoms with Gasteiger partial charge in [0.2, 0.25) is 0 Å². The zero-order valence-electron chi connectivity index (χ0n) is 23.8. The molecule has 0 saturated carbocycles. The third-order valence-corrected chi connectivity index (χ3v) is 7.03. The van der Waals surface area contributed by atoms with Crippen LogP contribution in [0.15, 0.2) is 66.7 Å².